The summed E-state index contributed by atoms with van der Waals surface area (Å²) < 4.78 is 66.1. The van der Waals surface area contributed by atoms with Crippen LogP contribution in [0.15, 0.2) is 27.8 Å². The molecular weight excluding hydrogens is 488 g/mol. The molecule has 0 saturated carbocycles. The Balaban J connectivity index is 0.00000338. The van der Waals surface area contributed by atoms with Gasteiger partial charge in [-0.2, -0.15) is 17.5 Å². The number of guanidine groups is 1. The Morgan fingerprint density at radius 2 is 2.04 bits per heavy atom. The third kappa shape index (κ3) is 6.01. The van der Waals surface area contributed by atoms with Gasteiger partial charge in [-0.05, 0) is 25.0 Å². The van der Waals surface area contributed by atoms with Gasteiger partial charge in [-0.1, -0.05) is 0 Å². The molecule has 1 aromatic heterocycles. The fraction of sp³-hybridized carbons (Fsp3) is 0.643. The third-order valence-corrected chi connectivity index (χ3v) is 5.52. The van der Waals surface area contributed by atoms with Crippen LogP contribution in [-0.4, -0.2) is 56.9 Å². The van der Waals surface area contributed by atoms with Crippen molar-refractivity contribution < 1.29 is 26.0 Å². The summed E-state index contributed by atoms with van der Waals surface area (Å²) in [5.41, 5.74) is -5.25. The van der Waals surface area contributed by atoms with Crippen LogP contribution in [0.3, 0.4) is 0 Å². The number of halogens is 4. The van der Waals surface area contributed by atoms with Crippen LogP contribution in [0.25, 0.3) is 0 Å². The van der Waals surface area contributed by atoms with Crippen molar-refractivity contribution in [2.75, 3.05) is 26.7 Å². The van der Waals surface area contributed by atoms with Gasteiger partial charge in [-0.25, -0.2) is 8.42 Å². The highest BCUT2D eigenvalue weighted by Crippen LogP contribution is 2.28. The second-order valence-electron chi connectivity index (χ2n) is 5.60. The average Bonchev–Trinajstić information content (AvgIpc) is 3.06. The molecule has 2 N–H and O–H groups in total. The molecule has 0 aliphatic carbocycles. The normalized spacial score (nSPS) is 17.6. The highest BCUT2D eigenvalue weighted by molar-refractivity contribution is 14.0. The zero-order valence-corrected chi connectivity index (χ0v) is 17.3. The van der Waals surface area contributed by atoms with Gasteiger partial charge in [0.05, 0.1) is 6.26 Å². The van der Waals surface area contributed by atoms with Crippen LogP contribution in [0.4, 0.5) is 13.2 Å². The van der Waals surface area contributed by atoms with E-state index in [1.165, 1.54) is 0 Å². The largest absolute Gasteiger partial charge is 0.511 e. The van der Waals surface area contributed by atoms with Crippen molar-refractivity contribution in [1.82, 2.24) is 14.9 Å². The van der Waals surface area contributed by atoms with E-state index in [1.54, 1.807) is 19.4 Å². The number of sulfonamides is 1. The molecule has 0 bridgehead atoms. The van der Waals surface area contributed by atoms with Crippen molar-refractivity contribution in [3.05, 3.63) is 24.2 Å². The number of aliphatic imine (C=N–C) groups is 1. The summed E-state index contributed by atoms with van der Waals surface area (Å²) in [5.74, 6) is 1.34. The molecule has 1 aliphatic heterocycles. The molecule has 0 amide bonds. The Kier molecular flexibility index (Phi) is 8.66. The van der Waals surface area contributed by atoms with Crippen molar-refractivity contribution in [3.63, 3.8) is 0 Å². The summed E-state index contributed by atoms with van der Waals surface area (Å²) in [5, 5.41) is 6.19. The number of nitrogens with one attached hydrogen (secondary N) is 2. The van der Waals surface area contributed by atoms with E-state index in [9.17, 15) is 21.6 Å². The molecule has 2 heterocycles. The van der Waals surface area contributed by atoms with Gasteiger partial charge in [0.15, 0.2) is 5.96 Å². The monoisotopic (exact) mass is 510 g/mol. The lowest BCUT2D eigenvalue weighted by Crippen LogP contribution is -2.51. The molecule has 7 nitrogen and oxygen atoms in total. The van der Waals surface area contributed by atoms with Gasteiger partial charge in [0, 0.05) is 39.1 Å². The number of rotatable bonds is 5. The van der Waals surface area contributed by atoms with E-state index in [2.05, 4.69) is 15.6 Å². The molecule has 2 rings (SSSR count). The molecule has 0 radical (unpaired) electrons. The highest BCUT2D eigenvalue weighted by Gasteiger charge is 2.50. The Labute approximate surface area is 167 Å². The van der Waals surface area contributed by atoms with Gasteiger partial charge in [-0.3, -0.25) is 4.99 Å². The molecule has 150 valence electrons. The molecule has 1 saturated heterocycles. The molecule has 0 atom stereocenters. The molecule has 1 aliphatic rings. The number of nitrogens with zero attached hydrogens (tertiary/aromatic N) is 2. The smallest absolute Gasteiger partial charge is 0.469 e. The van der Waals surface area contributed by atoms with E-state index >= 15 is 0 Å². The van der Waals surface area contributed by atoms with Gasteiger partial charge in [-0.15, -0.1) is 24.0 Å². The van der Waals surface area contributed by atoms with Crippen LogP contribution in [0, 0.1) is 0 Å². The van der Waals surface area contributed by atoms with Gasteiger partial charge < -0.3 is 15.1 Å². The summed E-state index contributed by atoms with van der Waals surface area (Å²) in [6.07, 6.45) is 2.80. The first-order valence-corrected chi connectivity index (χ1v) is 9.24. The van der Waals surface area contributed by atoms with Gasteiger partial charge >= 0.3 is 15.5 Å². The number of piperidine rings is 1. The van der Waals surface area contributed by atoms with Crippen molar-refractivity contribution in [3.8, 4) is 0 Å². The van der Waals surface area contributed by atoms with E-state index in [0.717, 1.165) is 5.76 Å². The maximum atomic E-state index is 12.6. The summed E-state index contributed by atoms with van der Waals surface area (Å²) in [6.45, 7) is 0.223. The SMILES string of the molecule is CN=C(NCCc1ccco1)NC1CCN(S(=O)(=O)C(F)(F)F)CC1.I. The zero-order chi connectivity index (χ0) is 18.5. The van der Waals surface area contributed by atoms with Gasteiger partial charge in [0.1, 0.15) is 5.76 Å². The molecule has 26 heavy (non-hydrogen) atoms. The van der Waals surface area contributed by atoms with Crippen LogP contribution in [0.2, 0.25) is 0 Å². The molecule has 12 heteroatoms. The predicted molar refractivity (Wildman–Crippen MR) is 102 cm³/mol. The topological polar surface area (TPSA) is 86.9 Å². The Morgan fingerprint density at radius 3 is 2.54 bits per heavy atom. The maximum Gasteiger partial charge on any atom is 0.511 e. The average molecular weight is 510 g/mol. The predicted octanol–water partition coefficient (Wildman–Crippen LogP) is 1.92. The fourth-order valence-corrected chi connectivity index (χ4v) is 3.52. The van der Waals surface area contributed by atoms with E-state index in [-0.39, 0.29) is 55.9 Å². The van der Waals surface area contributed by atoms with Crippen LogP contribution < -0.4 is 10.6 Å². The molecule has 0 unspecified atom stereocenters. The summed E-state index contributed by atoms with van der Waals surface area (Å²) in [7, 11) is -3.66. The van der Waals surface area contributed by atoms with Crippen LogP contribution in [0.5, 0.6) is 0 Å². The van der Waals surface area contributed by atoms with Crippen molar-refractivity contribution >= 4 is 40.0 Å². The van der Waals surface area contributed by atoms with E-state index < -0.39 is 15.5 Å². The second-order valence-corrected chi connectivity index (χ2v) is 7.53. The first-order valence-electron chi connectivity index (χ1n) is 7.80. The quantitative estimate of drug-likeness (QED) is 0.359. The lowest BCUT2D eigenvalue weighted by molar-refractivity contribution is -0.0494. The summed E-state index contributed by atoms with van der Waals surface area (Å²) in [4.78, 5) is 4.06. The Morgan fingerprint density at radius 1 is 1.38 bits per heavy atom. The minimum absolute atomic E-state index is 0. The minimum atomic E-state index is -5.25. The van der Waals surface area contributed by atoms with Crippen molar-refractivity contribution in [2.24, 2.45) is 4.99 Å². The van der Waals surface area contributed by atoms with Crippen LogP contribution in [0.1, 0.15) is 18.6 Å². The van der Waals surface area contributed by atoms with Gasteiger partial charge in [0.2, 0.25) is 0 Å². The standard InChI is InChI=1S/C14H21F3N4O3S.HI/c1-18-13(19-7-4-12-3-2-10-24-12)20-11-5-8-21(9-6-11)25(22,23)14(15,16)17;/h2-3,10-11H,4-9H2,1H3,(H2,18,19,20);1H. The fourth-order valence-electron chi connectivity index (χ4n) is 2.53. The molecule has 1 aromatic rings. The molecule has 0 aromatic carbocycles. The van der Waals surface area contributed by atoms with Crippen LogP contribution in [-0.2, 0) is 16.4 Å². The first kappa shape index (κ1) is 23.0. The Bertz CT molecular complexity index is 672. The molecule has 1 fully saturated rings. The van der Waals surface area contributed by atoms with Crippen molar-refractivity contribution in [1.29, 1.82) is 0 Å². The van der Waals surface area contributed by atoms with Crippen molar-refractivity contribution in [2.45, 2.75) is 30.8 Å². The number of alkyl halides is 3. The first-order chi connectivity index (χ1) is 11.7. The van der Waals surface area contributed by atoms with E-state index in [1.807, 2.05) is 6.07 Å². The van der Waals surface area contributed by atoms with E-state index in [0.29, 0.717) is 23.2 Å². The number of hydrogen-bond acceptors (Lipinski definition) is 4. The van der Waals surface area contributed by atoms with E-state index in [4.69, 9.17) is 4.42 Å². The van der Waals surface area contributed by atoms with Crippen LogP contribution >= 0.6 is 24.0 Å². The molecule has 0 spiro atoms. The summed E-state index contributed by atoms with van der Waals surface area (Å²) >= 11 is 0. The lowest BCUT2D eigenvalue weighted by Gasteiger charge is -2.32. The lowest BCUT2D eigenvalue weighted by atomic mass is 10.1. The zero-order valence-electron chi connectivity index (χ0n) is 14.1. The van der Waals surface area contributed by atoms with Gasteiger partial charge in [0.25, 0.3) is 0 Å². The maximum absolute atomic E-state index is 12.6. The minimum Gasteiger partial charge on any atom is -0.469 e. The number of furan rings is 1. The molecular formula is C14H22F3IN4O3S. The highest BCUT2D eigenvalue weighted by atomic mass is 127. The second kappa shape index (κ2) is 9.78. The third-order valence-electron chi connectivity index (χ3n) is 3.89. The summed E-state index contributed by atoms with van der Waals surface area (Å²) in [6, 6.07) is 3.51. The number of hydrogen-bond donors (Lipinski definition) is 2. The Hall–Kier alpha value is -1.02.